The van der Waals surface area contributed by atoms with Crippen LogP contribution in [0.15, 0.2) is 36.5 Å². The lowest BCUT2D eigenvalue weighted by atomic mass is 10.1. The maximum atomic E-state index is 12.4. The minimum atomic E-state index is -4.70. The smallest absolute Gasteiger partial charge is 0.472 e. The first-order valence-corrected chi connectivity index (χ1v) is 19.5. The van der Waals surface area contributed by atoms with Crippen LogP contribution in [-0.2, 0) is 37.5 Å². The van der Waals surface area contributed by atoms with E-state index in [0.717, 1.165) is 70.6 Å². The fourth-order valence-electron chi connectivity index (χ4n) is 4.48. The number of carboxylic acids is 1. The monoisotopic (exact) mass is 701 g/mol. The van der Waals surface area contributed by atoms with E-state index in [1.165, 1.54) is 32.1 Å². The van der Waals surface area contributed by atoms with Crippen molar-refractivity contribution in [2.75, 3.05) is 19.8 Å². The number of unbranched alkanes of at least 4 members (excludes halogenated alkanes) is 13. The average molecular weight is 702 g/mol. The summed E-state index contributed by atoms with van der Waals surface area (Å²) in [7, 11) is -4.70. The van der Waals surface area contributed by atoms with Gasteiger partial charge >= 0.3 is 25.7 Å². The zero-order valence-corrected chi connectivity index (χ0v) is 30.5. The summed E-state index contributed by atoms with van der Waals surface area (Å²) in [5.74, 6) is -2.42. The molecule has 0 aliphatic rings. The predicted octanol–water partition coefficient (Wildman–Crippen LogP) is 8.50. The first-order valence-electron chi connectivity index (χ1n) is 18.0. The molecule has 0 bridgehead atoms. The molecule has 278 valence electrons. The molecule has 4 N–H and O–H groups in total. The van der Waals surface area contributed by atoms with Crippen LogP contribution in [0.4, 0.5) is 0 Å². The number of allylic oxidation sites excluding steroid dienone is 6. The van der Waals surface area contributed by atoms with Crippen molar-refractivity contribution in [1.29, 1.82) is 0 Å². The number of nitrogens with two attached hydrogens (primary N) is 1. The molecule has 0 aromatic carbocycles. The van der Waals surface area contributed by atoms with Crippen molar-refractivity contribution in [2.24, 2.45) is 5.73 Å². The Morgan fingerprint density at radius 1 is 0.646 bits per heavy atom. The summed E-state index contributed by atoms with van der Waals surface area (Å²) >= 11 is 0. The minimum absolute atomic E-state index is 0.154. The third-order valence-electron chi connectivity index (χ3n) is 7.39. The second-order valence-electron chi connectivity index (χ2n) is 12.0. The third kappa shape index (κ3) is 31.0. The molecule has 0 aromatic heterocycles. The normalized spacial score (nSPS) is 14.4. The van der Waals surface area contributed by atoms with Crippen LogP contribution in [0.5, 0.6) is 0 Å². The van der Waals surface area contributed by atoms with Crippen molar-refractivity contribution < 1.29 is 47.5 Å². The highest BCUT2D eigenvalue weighted by molar-refractivity contribution is 7.47. The molecule has 0 amide bonds. The maximum absolute atomic E-state index is 12.4. The lowest BCUT2D eigenvalue weighted by Crippen LogP contribution is -2.34. The first-order chi connectivity index (χ1) is 23.1. The summed E-state index contributed by atoms with van der Waals surface area (Å²) in [6, 6.07) is -1.52. The summed E-state index contributed by atoms with van der Waals surface area (Å²) in [5.41, 5.74) is 5.29. The summed E-state index contributed by atoms with van der Waals surface area (Å²) < 4.78 is 32.4. The van der Waals surface area contributed by atoms with Gasteiger partial charge in [-0.25, -0.2) is 4.57 Å². The van der Waals surface area contributed by atoms with Crippen molar-refractivity contribution in [3.8, 4) is 0 Å². The Balaban J connectivity index is 4.41. The molecule has 3 atom stereocenters. The van der Waals surface area contributed by atoms with Crippen LogP contribution in [0, 0.1) is 0 Å². The van der Waals surface area contributed by atoms with Gasteiger partial charge in [-0.3, -0.25) is 23.4 Å². The van der Waals surface area contributed by atoms with Crippen molar-refractivity contribution in [1.82, 2.24) is 0 Å². The summed E-state index contributed by atoms with van der Waals surface area (Å²) in [6.07, 6.45) is 31.0. The first kappa shape index (κ1) is 45.7. The SMILES string of the molecule is CCCCC/C=C/C/C=C/C/C=C/CCCCCCC(=O)OC[C@@H](COP(=O)(O)OC[C@@H](N)C(=O)O)OC(=O)CCCCCCCCC. The van der Waals surface area contributed by atoms with E-state index in [0.29, 0.717) is 12.8 Å². The number of phosphoric ester groups is 1. The molecule has 0 aliphatic carbocycles. The summed E-state index contributed by atoms with van der Waals surface area (Å²) in [6.45, 7) is 2.66. The van der Waals surface area contributed by atoms with Crippen LogP contribution in [-0.4, -0.2) is 59.9 Å². The molecule has 0 aliphatic heterocycles. The van der Waals surface area contributed by atoms with E-state index in [1.807, 2.05) is 0 Å². The Morgan fingerprint density at radius 2 is 1.10 bits per heavy atom. The molecule has 0 saturated carbocycles. The lowest BCUT2D eigenvalue weighted by molar-refractivity contribution is -0.161. The molecule has 0 rings (SSSR count). The molecular formula is C36H64NO10P. The van der Waals surface area contributed by atoms with E-state index >= 15 is 0 Å². The highest BCUT2D eigenvalue weighted by Crippen LogP contribution is 2.43. The highest BCUT2D eigenvalue weighted by atomic mass is 31.2. The Bertz CT molecular complexity index is 968. The van der Waals surface area contributed by atoms with Gasteiger partial charge in [-0.2, -0.15) is 0 Å². The van der Waals surface area contributed by atoms with Crippen molar-refractivity contribution in [3.05, 3.63) is 36.5 Å². The summed E-state index contributed by atoms with van der Waals surface area (Å²) in [4.78, 5) is 45.5. The van der Waals surface area contributed by atoms with E-state index in [4.69, 9.17) is 24.8 Å². The predicted molar refractivity (Wildman–Crippen MR) is 189 cm³/mol. The van der Waals surface area contributed by atoms with Gasteiger partial charge < -0.3 is 25.2 Å². The van der Waals surface area contributed by atoms with Crippen molar-refractivity contribution in [2.45, 2.75) is 154 Å². The van der Waals surface area contributed by atoms with Gasteiger partial charge in [0.25, 0.3) is 0 Å². The lowest BCUT2D eigenvalue weighted by Gasteiger charge is -2.20. The largest absolute Gasteiger partial charge is 0.480 e. The van der Waals surface area contributed by atoms with Gasteiger partial charge in [0, 0.05) is 12.8 Å². The van der Waals surface area contributed by atoms with Crippen LogP contribution in [0.25, 0.3) is 0 Å². The molecule has 48 heavy (non-hydrogen) atoms. The molecule has 0 fully saturated rings. The van der Waals surface area contributed by atoms with Crippen LogP contribution in [0.3, 0.4) is 0 Å². The topological polar surface area (TPSA) is 172 Å². The number of hydrogen-bond acceptors (Lipinski definition) is 9. The number of phosphoric acid groups is 1. The van der Waals surface area contributed by atoms with Crippen LogP contribution in [0.2, 0.25) is 0 Å². The number of hydrogen-bond donors (Lipinski definition) is 3. The van der Waals surface area contributed by atoms with Gasteiger partial charge in [-0.1, -0.05) is 115 Å². The quantitative estimate of drug-likeness (QED) is 0.0259. The Kier molecular flexibility index (Phi) is 30.4. The number of esters is 2. The second kappa shape index (κ2) is 31.9. The van der Waals surface area contributed by atoms with E-state index in [-0.39, 0.29) is 19.4 Å². The second-order valence-corrected chi connectivity index (χ2v) is 13.5. The number of ether oxygens (including phenoxy) is 2. The molecule has 0 aromatic rings. The average Bonchev–Trinajstić information content (AvgIpc) is 3.05. The van der Waals surface area contributed by atoms with Gasteiger partial charge in [0.05, 0.1) is 13.2 Å². The highest BCUT2D eigenvalue weighted by Gasteiger charge is 2.28. The van der Waals surface area contributed by atoms with Crippen LogP contribution >= 0.6 is 7.82 Å². The van der Waals surface area contributed by atoms with E-state index in [2.05, 4.69) is 54.8 Å². The zero-order valence-electron chi connectivity index (χ0n) is 29.6. The standard InChI is InChI=1S/C36H64NO10P/c1-3-5-7-9-11-12-13-14-15-16-17-18-19-20-22-23-25-27-34(38)44-29-32(30-45-48(42,43)46-31-33(37)36(40)41)47-35(39)28-26-24-21-10-8-6-4-2/h11-12,14-15,17-18,32-33H,3-10,13,16,19-31,37H2,1-2H3,(H,40,41)(H,42,43)/b12-11+,15-14+,18-17+/t32-,33+/m0/s1. The zero-order chi connectivity index (χ0) is 35.7. The molecule has 0 saturated heterocycles. The summed E-state index contributed by atoms with van der Waals surface area (Å²) in [5, 5.41) is 8.82. The van der Waals surface area contributed by atoms with Crippen LogP contribution < -0.4 is 5.73 Å². The van der Waals surface area contributed by atoms with E-state index < -0.39 is 51.1 Å². The fourth-order valence-corrected chi connectivity index (χ4v) is 5.26. The fraction of sp³-hybridized carbons (Fsp3) is 0.750. The van der Waals surface area contributed by atoms with E-state index in [1.54, 1.807) is 0 Å². The number of carbonyl (C=O) groups is 3. The Morgan fingerprint density at radius 3 is 1.69 bits per heavy atom. The Hall–Kier alpha value is -2.30. The maximum Gasteiger partial charge on any atom is 0.472 e. The van der Waals surface area contributed by atoms with Crippen LogP contribution in [0.1, 0.15) is 142 Å². The van der Waals surface area contributed by atoms with Crippen molar-refractivity contribution >= 4 is 25.7 Å². The number of carboxylic acid groups (broad SMARTS) is 1. The molecule has 11 nitrogen and oxygen atoms in total. The van der Waals surface area contributed by atoms with Gasteiger partial charge in [0.1, 0.15) is 12.6 Å². The number of rotatable bonds is 33. The molecule has 1 unspecified atom stereocenters. The number of aliphatic carboxylic acids is 1. The van der Waals surface area contributed by atoms with E-state index in [9.17, 15) is 23.8 Å². The molecular weight excluding hydrogens is 637 g/mol. The van der Waals surface area contributed by atoms with Gasteiger partial charge in [0.15, 0.2) is 6.10 Å². The minimum Gasteiger partial charge on any atom is -0.480 e. The molecule has 0 spiro atoms. The molecule has 12 heteroatoms. The number of carbonyl (C=O) groups excluding carboxylic acids is 2. The third-order valence-corrected chi connectivity index (χ3v) is 8.34. The van der Waals surface area contributed by atoms with Gasteiger partial charge in [0.2, 0.25) is 0 Å². The van der Waals surface area contributed by atoms with Gasteiger partial charge in [-0.15, -0.1) is 0 Å². The molecule has 0 heterocycles. The van der Waals surface area contributed by atoms with Crippen molar-refractivity contribution in [3.63, 3.8) is 0 Å². The molecule has 0 radical (unpaired) electrons. The van der Waals surface area contributed by atoms with Gasteiger partial charge in [-0.05, 0) is 51.4 Å². The Labute approximate surface area is 289 Å².